The third-order valence-corrected chi connectivity index (χ3v) is 11.2. The van der Waals surface area contributed by atoms with Crippen LogP contribution in [0.3, 0.4) is 0 Å². The quantitative estimate of drug-likeness (QED) is 0.751. The maximum atomic E-state index is 5.57. The Morgan fingerprint density at radius 3 is 1.89 bits per heavy atom. The van der Waals surface area contributed by atoms with Crippen LogP contribution in [0.5, 0.6) is 5.75 Å². The van der Waals surface area contributed by atoms with Crippen LogP contribution in [0.4, 0.5) is 0 Å². The Bertz CT molecular complexity index is 366. The molecule has 2 nitrogen and oxygen atoms in total. The van der Waals surface area contributed by atoms with Crippen LogP contribution in [0.2, 0.25) is 16.6 Å². The first-order valence-corrected chi connectivity index (χ1v) is 9.11. The van der Waals surface area contributed by atoms with Gasteiger partial charge < -0.3 is 4.74 Å². The van der Waals surface area contributed by atoms with E-state index in [1.807, 2.05) is 12.3 Å². The van der Waals surface area contributed by atoms with Gasteiger partial charge >= 0.3 is 0 Å². The summed E-state index contributed by atoms with van der Waals surface area (Å²) in [5.74, 6) is 0.972. The zero-order valence-electron chi connectivity index (χ0n) is 12.8. The van der Waals surface area contributed by atoms with Gasteiger partial charge in [0.1, 0.15) is 13.8 Å². The van der Waals surface area contributed by atoms with Crippen LogP contribution in [0, 0.1) is 0 Å². The molecule has 1 rings (SSSR count). The molecule has 102 valence electrons. The molecule has 1 aromatic heterocycles. The van der Waals surface area contributed by atoms with Crippen LogP contribution in [0.15, 0.2) is 18.3 Å². The van der Waals surface area contributed by atoms with E-state index >= 15 is 0 Å². The standard InChI is InChI=1S/C15H27NOSi/c1-11(2)18(12(3)4,13(5)6)15-14(17-7)9-8-10-16-15/h8-13H,1-7H3. The lowest BCUT2D eigenvalue weighted by Crippen LogP contribution is -2.57. The zero-order chi connectivity index (χ0) is 13.9. The van der Waals surface area contributed by atoms with Crippen molar-refractivity contribution < 1.29 is 4.74 Å². The van der Waals surface area contributed by atoms with Gasteiger partial charge in [0, 0.05) is 6.20 Å². The van der Waals surface area contributed by atoms with E-state index in [0.717, 1.165) is 5.75 Å². The molecular weight excluding hydrogens is 238 g/mol. The van der Waals surface area contributed by atoms with Gasteiger partial charge in [-0.25, -0.2) is 0 Å². The molecule has 0 amide bonds. The minimum Gasteiger partial charge on any atom is -0.495 e. The normalized spacial score (nSPS) is 12.6. The van der Waals surface area contributed by atoms with Crippen LogP contribution in [-0.4, -0.2) is 20.2 Å². The molecule has 0 atom stereocenters. The molecule has 0 bridgehead atoms. The van der Waals surface area contributed by atoms with Crippen molar-refractivity contribution in [2.45, 2.75) is 58.2 Å². The van der Waals surface area contributed by atoms with E-state index in [-0.39, 0.29) is 0 Å². The Hall–Kier alpha value is -0.833. The van der Waals surface area contributed by atoms with E-state index in [1.54, 1.807) is 7.11 Å². The van der Waals surface area contributed by atoms with Crippen LogP contribution in [-0.2, 0) is 0 Å². The number of nitrogens with zero attached hydrogens (tertiary/aromatic N) is 1. The molecule has 0 aliphatic carbocycles. The SMILES string of the molecule is COc1cccnc1[Si](C(C)C)(C(C)C)C(C)C. The third kappa shape index (κ3) is 2.33. The lowest BCUT2D eigenvalue weighted by molar-refractivity contribution is 0.416. The molecule has 0 aromatic carbocycles. The van der Waals surface area contributed by atoms with Gasteiger partial charge in [-0.15, -0.1) is 0 Å². The highest BCUT2D eigenvalue weighted by atomic mass is 28.3. The van der Waals surface area contributed by atoms with Crippen LogP contribution in [0.1, 0.15) is 41.5 Å². The van der Waals surface area contributed by atoms with Crippen LogP contribution >= 0.6 is 0 Å². The first-order chi connectivity index (χ1) is 8.38. The Kier molecular flexibility index (Phi) is 4.97. The number of pyridine rings is 1. The molecule has 0 unspecified atom stereocenters. The molecule has 0 spiro atoms. The average molecular weight is 265 g/mol. The second kappa shape index (κ2) is 5.87. The second-order valence-corrected chi connectivity index (χ2v) is 11.8. The number of aromatic nitrogens is 1. The molecule has 0 aliphatic rings. The van der Waals surface area contributed by atoms with Gasteiger partial charge in [-0.1, -0.05) is 41.5 Å². The Morgan fingerprint density at radius 1 is 1.00 bits per heavy atom. The number of rotatable bonds is 5. The third-order valence-electron chi connectivity index (χ3n) is 4.27. The first kappa shape index (κ1) is 15.2. The largest absolute Gasteiger partial charge is 0.495 e. The van der Waals surface area contributed by atoms with Gasteiger partial charge in [-0.05, 0) is 28.8 Å². The highest BCUT2D eigenvalue weighted by Crippen LogP contribution is 2.41. The van der Waals surface area contributed by atoms with Crippen LogP contribution < -0.4 is 10.1 Å². The summed E-state index contributed by atoms with van der Waals surface area (Å²) in [7, 11) is 0.0453. The van der Waals surface area contributed by atoms with E-state index in [0.29, 0.717) is 16.6 Å². The Morgan fingerprint density at radius 2 is 1.50 bits per heavy atom. The van der Waals surface area contributed by atoms with Gasteiger partial charge in [-0.3, -0.25) is 4.98 Å². The van der Waals surface area contributed by atoms with Crippen molar-refractivity contribution >= 4 is 13.4 Å². The summed E-state index contributed by atoms with van der Waals surface area (Å²) in [5.41, 5.74) is 1.96. The summed E-state index contributed by atoms with van der Waals surface area (Å²) in [6.07, 6.45) is 1.91. The molecule has 0 saturated heterocycles. The second-order valence-electron chi connectivity index (χ2n) is 5.95. The van der Waals surface area contributed by atoms with Gasteiger partial charge in [0.2, 0.25) is 0 Å². The van der Waals surface area contributed by atoms with Gasteiger partial charge in [0.05, 0.1) is 12.4 Å². The fraction of sp³-hybridized carbons (Fsp3) is 0.667. The fourth-order valence-electron chi connectivity index (χ4n) is 3.70. The predicted octanol–water partition coefficient (Wildman–Crippen LogP) is 3.98. The maximum Gasteiger partial charge on any atom is 0.135 e. The monoisotopic (exact) mass is 265 g/mol. The number of ether oxygens (including phenoxy) is 1. The molecule has 0 saturated carbocycles. The van der Waals surface area contributed by atoms with E-state index in [2.05, 4.69) is 47.6 Å². The van der Waals surface area contributed by atoms with Crippen molar-refractivity contribution in [3.8, 4) is 5.75 Å². The summed E-state index contributed by atoms with van der Waals surface area (Å²) in [4.78, 5) is 4.72. The molecule has 0 N–H and O–H groups in total. The topological polar surface area (TPSA) is 22.1 Å². The Labute approximate surface area is 113 Å². The van der Waals surface area contributed by atoms with Crippen LogP contribution in [0.25, 0.3) is 0 Å². The molecule has 0 radical (unpaired) electrons. The summed E-state index contributed by atoms with van der Waals surface area (Å²) in [6, 6.07) is 4.01. The fourth-order valence-corrected chi connectivity index (χ4v) is 10.3. The van der Waals surface area contributed by atoms with Crippen molar-refractivity contribution in [3.63, 3.8) is 0 Å². The first-order valence-electron chi connectivity index (χ1n) is 6.88. The average Bonchev–Trinajstić information content (AvgIpc) is 2.29. The Balaban J connectivity index is 3.52. The number of hydrogen-bond acceptors (Lipinski definition) is 2. The van der Waals surface area contributed by atoms with E-state index in [1.165, 1.54) is 5.32 Å². The summed E-state index contributed by atoms with van der Waals surface area (Å²) in [6.45, 7) is 14.1. The number of hydrogen-bond donors (Lipinski definition) is 0. The molecule has 18 heavy (non-hydrogen) atoms. The smallest absolute Gasteiger partial charge is 0.135 e. The van der Waals surface area contributed by atoms with Crippen molar-refractivity contribution in [2.24, 2.45) is 0 Å². The summed E-state index contributed by atoms with van der Waals surface area (Å²) in [5, 5.41) is 1.24. The summed E-state index contributed by atoms with van der Waals surface area (Å²) >= 11 is 0. The van der Waals surface area contributed by atoms with Gasteiger partial charge in [0.15, 0.2) is 0 Å². The number of methoxy groups -OCH3 is 1. The van der Waals surface area contributed by atoms with Crippen molar-refractivity contribution in [2.75, 3.05) is 7.11 Å². The molecule has 0 fully saturated rings. The highest BCUT2D eigenvalue weighted by Gasteiger charge is 2.47. The van der Waals surface area contributed by atoms with E-state index in [9.17, 15) is 0 Å². The molecule has 3 heteroatoms. The lowest BCUT2D eigenvalue weighted by atomic mass is 10.4. The maximum absolute atomic E-state index is 5.57. The van der Waals surface area contributed by atoms with Crippen molar-refractivity contribution in [3.05, 3.63) is 18.3 Å². The van der Waals surface area contributed by atoms with Gasteiger partial charge in [0.25, 0.3) is 0 Å². The molecule has 0 aliphatic heterocycles. The lowest BCUT2D eigenvalue weighted by Gasteiger charge is -2.42. The molecule has 1 heterocycles. The zero-order valence-corrected chi connectivity index (χ0v) is 13.8. The predicted molar refractivity (Wildman–Crippen MR) is 81.5 cm³/mol. The summed E-state index contributed by atoms with van der Waals surface area (Å²) < 4.78 is 5.57. The van der Waals surface area contributed by atoms with Crippen molar-refractivity contribution in [1.29, 1.82) is 0 Å². The highest BCUT2D eigenvalue weighted by molar-refractivity contribution is 6.95. The minimum absolute atomic E-state index is 0.654. The molecule has 1 aromatic rings. The van der Waals surface area contributed by atoms with Crippen molar-refractivity contribution in [1.82, 2.24) is 4.98 Å². The molecular formula is C15H27NOSi. The minimum atomic E-state index is -1.71. The van der Waals surface area contributed by atoms with E-state index < -0.39 is 8.07 Å². The van der Waals surface area contributed by atoms with E-state index in [4.69, 9.17) is 9.72 Å². The van der Waals surface area contributed by atoms with Gasteiger partial charge in [-0.2, -0.15) is 0 Å².